The molecule has 0 saturated carbocycles. The molecule has 0 saturated heterocycles. The van der Waals surface area contributed by atoms with Crippen molar-refractivity contribution in [3.05, 3.63) is 30.6 Å². The van der Waals surface area contributed by atoms with Crippen LogP contribution in [0.15, 0.2) is 30.6 Å². The lowest BCUT2D eigenvalue weighted by Crippen LogP contribution is -2.05. The highest BCUT2D eigenvalue weighted by atomic mass is 15.0. The molecule has 0 atom stereocenters. The molecule has 0 radical (unpaired) electrons. The molecule has 0 unspecified atom stereocenters. The summed E-state index contributed by atoms with van der Waals surface area (Å²) in [5.74, 6) is 0. The van der Waals surface area contributed by atoms with Crippen molar-refractivity contribution in [1.29, 1.82) is 0 Å². The zero-order valence-corrected chi connectivity index (χ0v) is 7.48. The molecule has 0 bridgehead atoms. The van der Waals surface area contributed by atoms with Crippen LogP contribution < -0.4 is 5.73 Å². The molecule has 0 aliphatic carbocycles. The van der Waals surface area contributed by atoms with E-state index in [2.05, 4.69) is 27.9 Å². The maximum Gasteiger partial charge on any atom is 0.139 e. The fourth-order valence-corrected chi connectivity index (χ4v) is 1.46. The highest BCUT2D eigenvalue weighted by Crippen LogP contribution is 2.12. The van der Waals surface area contributed by atoms with E-state index in [1.165, 1.54) is 5.39 Å². The molecule has 13 heavy (non-hydrogen) atoms. The second kappa shape index (κ2) is 3.58. The molecule has 2 heterocycles. The third-order valence-electron chi connectivity index (χ3n) is 2.13. The molecule has 3 heteroatoms. The van der Waals surface area contributed by atoms with E-state index in [0.717, 1.165) is 25.2 Å². The smallest absolute Gasteiger partial charge is 0.139 e. The van der Waals surface area contributed by atoms with Gasteiger partial charge >= 0.3 is 0 Å². The molecule has 2 N–H and O–H groups in total. The summed E-state index contributed by atoms with van der Waals surface area (Å²) in [5.41, 5.74) is 6.51. The fraction of sp³-hybridized carbons (Fsp3) is 0.300. The van der Waals surface area contributed by atoms with Gasteiger partial charge in [0.15, 0.2) is 0 Å². The largest absolute Gasteiger partial charge is 0.332 e. The van der Waals surface area contributed by atoms with E-state index < -0.39 is 0 Å². The van der Waals surface area contributed by atoms with Gasteiger partial charge in [-0.05, 0) is 31.2 Å². The Labute approximate surface area is 77.2 Å². The first-order valence-electron chi connectivity index (χ1n) is 4.52. The number of nitrogens with two attached hydrogens (primary N) is 1. The maximum atomic E-state index is 5.46. The van der Waals surface area contributed by atoms with Crippen molar-refractivity contribution in [2.24, 2.45) is 5.73 Å². The Hall–Kier alpha value is -1.35. The van der Waals surface area contributed by atoms with E-state index in [9.17, 15) is 0 Å². The van der Waals surface area contributed by atoms with E-state index in [1.54, 1.807) is 0 Å². The summed E-state index contributed by atoms with van der Waals surface area (Å²) in [6, 6.07) is 6.11. The van der Waals surface area contributed by atoms with E-state index in [4.69, 9.17) is 5.73 Å². The summed E-state index contributed by atoms with van der Waals surface area (Å²) >= 11 is 0. The number of rotatable bonds is 3. The number of fused-ring (bicyclic) bond motifs is 1. The van der Waals surface area contributed by atoms with E-state index in [-0.39, 0.29) is 0 Å². The average molecular weight is 175 g/mol. The standard InChI is InChI=1S/C10H13N3/c11-5-2-7-13-8-4-9-3-1-6-12-10(9)13/h1,3-4,6,8H,2,5,7,11H2. The maximum absolute atomic E-state index is 5.46. The van der Waals surface area contributed by atoms with Gasteiger partial charge in [0, 0.05) is 24.3 Å². The van der Waals surface area contributed by atoms with Crippen LogP contribution in [0.25, 0.3) is 11.0 Å². The van der Waals surface area contributed by atoms with Gasteiger partial charge in [-0.15, -0.1) is 0 Å². The van der Waals surface area contributed by atoms with Crippen LogP contribution in [0.3, 0.4) is 0 Å². The quantitative estimate of drug-likeness (QED) is 0.766. The van der Waals surface area contributed by atoms with Crippen LogP contribution in [-0.2, 0) is 6.54 Å². The number of hydrogen-bond donors (Lipinski definition) is 1. The van der Waals surface area contributed by atoms with Gasteiger partial charge in [-0.25, -0.2) is 4.98 Å². The Morgan fingerprint density at radius 3 is 3.15 bits per heavy atom. The van der Waals surface area contributed by atoms with Crippen LogP contribution in [0, 0.1) is 0 Å². The number of pyridine rings is 1. The summed E-state index contributed by atoms with van der Waals surface area (Å²) in [7, 11) is 0. The lowest BCUT2D eigenvalue weighted by molar-refractivity contribution is 0.666. The van der Waals surface area contributed by atoms with Crippen molar-refractivity contribution >= 4 is 11.0 Å². The lowest BCUT2D eigenvalue weighted by atomic mass is 10.3. The summed E-state index contributed by atoms with van der Waals surface area (Å²) in [4.78, 5) is 4.32. The molecule has 0 spiro atoms. The van der Waals surface area contributed by atoms with Crippen molar-refractivity contribution < 1.29 is 0 Å². The molecule has 3 nitrogen and oxygen atoms in total. The van der Waals surface area contributed by atoms with Gasteiger partial charge in [0.1, 0.15) is 5.65 Å². The van der Waals surface area contributed by atoms with E-state index in [0.29, 0.717) is 0 Å². The molecule has 2 aromatic rings. The number of aromatic nitrogens is 2. The van der Waals surface area contributed by atoms with Crippen LogP contribution in [0.2, 0.25) is 0 Å². The van der Waals surface area contributed by atoms with Crippen molar-refractivity contribution in [3.8, 4) is 0 Å². The molecular weight excluding hydrogens is 162 g/mol. The first kappa shape index (κ1) is 8.26. The van der Waals surface area contributed by atoms with Crippen molar-refractivity contribution in [2.45, 2.75) is 13.0 Å². The molecule has 0 fully saturated rings. The van der Waals surface area contributed by atoms with Crippen molar-refractivity contribution in [2.75, 3.05) is 6.54 Å². The summed E-state index contributed by atoms with van der Waals surface area (Å²) in [5, 5.41) is 1.19. The van der Waals surface area contributed by atoms with Gasteiger partial charge in [-0.3, -0.25) is 0 Å². The topological polar surface area (TPSA) is 43.8 Å². The minimum atomic E-state index is 0.729. The highest BCUT2D eigenvalue weighted by Gasteiger charge is 1.99. The number of hydrogen-bond acceptors (Lipinski definition) is 2. The van der Waals surface area contributed by atoms with Gasteiger partial charge < -0.3 is 10.3 Å². The Morgan fingerprint density at radius 1 is 1.38 bits per heavy atom. The predicted octanol–water partition coefficient (Wildman–Crippen LogP) is 1.39. The molecule has 68 valence electrons. The first-order chi connectivity index (χ1) is 6.42. The zero-order chi connectivity index (χ0) is 9.10. The molecule has 0 aliphatic rings. The average Bonchev–Trinajstić information content (AvgIpc) is 2.58. The monoisotopic (exact) mass is 175 g/mol. The minimum Gasteiger partial charge on any atom is -0.332 e. The number of nitrogens with zero attached hydrogens (tertiary/aromatic N) is 2. The Balaban J connectivity index is 2.35. The van der Waals surface area contributed by atoms with Gasteiger partial charge in [-0.1, -0.05) is 0 Å². The SMILES string of the molecule is NCCCn1ccc2cccnc21. The van der Waals surface area contributed by atoms with Crippen LogP contribution in [0.4, 0.5) is 0 Å². The predicted molar refractivity (Wildman–Crippen MR) is 53.4 cm³/mol. The number of aryl methyl sites for hydroxylation is 1. The van der Waals surface area contributed by atoms with Crippen LogP contribution in [-0.4, -0.2) is 16.1 Å². The lowest BCUT2D eigenvalue weighted by Gasteiger charge is -2.01. The van der Waals surface area contributed by atoms with Crippen LogP contribution in [0.5, 0.6) is 0 Å². The molecular formula is C10H13N3. The molecule has 0 aliphatic heterocycles. The summed E-state index contributed by atoms with van der Waals surface area (Å²) in [6.45, 7) is 1.68. The van der Waals surface area contributed by atoms with Crippen LogP contribution in [0.1, 0.15) is 6.42 Å². The van der Waals surface area contributed by atoms with Gasteiger partial charge in [0.05, 0.1) is 0 Å². The first-order valence-corrected chi connectivity index (χ1v) is 4.52. The minimum absolute atomic E-state index is 0.729. The Bertz CT molecular complexity index is 392. The molecule has 2 rings (SSSR count). The second-order valence-electron chi connectivity index (χ2n) is 3.07. The molecule has 0 aromatic carbocycles. The van der Waals surface area contributed by atoms with Gasteiger partial charge in [-0.2, -0.15) is 0 Å². The van der Waals surface area contributed by atoms with Gasteiger partial charge in [0.25, 0.3) is 0 Å². The fourth-order valence-electron chi connectivity index (χ4n) is 1.46. The third kappa shape index (κ3) is 1.55. The normalized spacial score (nSPS) is 10.8. The zero-order valence-electron chi connectivity index (χ0n) is 7.48. The van der Waals surface area contributed by atoms with E-state index >= 15 is 0 Å². The molecule has 2 aromatic heterocycles. The Morgan fingerprint density at radius 2 is 2.31 bits per heavy atom. The van der Waals surface area contributed by atoms with Gasteiger partial charge in [0.2, 0.25) is 0 Å². The van der Waals surface area contributed by atoms with Crippen LogP contribution >= 0.6 is 0 Å². The van der Waals surface area contributed by atoms with E-state index in [1.807, 2.05) is 12.3 Å². The highest BCUT2D eigenvalue weighted by molar-refractivity contribution is 5.75. The summed E-state index contributed by atoms with van der Waals surface area (Å²) in [6.07, 6.45) is 4.88. The Kier molecular flexibility index (Phi) is 2.27. The third-order valence-corrected chi connectivity index (χ3v) is 2.13. The summed E-state index contributed by atoms with van der Waals surface area (Å²) < 4.78 is 2.14. The van der Waals surface area contributed by atoms with Crippen molar-refractivity contribution in [3.63, 3.8) is 0 Å². The molecule has 0 amide bonds. The van der Waals surface area contributed by atoms with Crippen molar-refractivity contribution in [1.82, 2.24) is 9.55 Å². The second-order valence-corrected chi connectivity index (χ2v) is 3.07.